The van der Waals surface area contributed by atoms with Gasteiger partial charge in [0.05, 0.1) is 0 Å². The van der Waals surface area contributed by atoms with Crippen molar-refractivity contribution in [1.82, 2.24) is 5.32 Å². The molecule has 0 aliphatic carbocycles. The highest BCUT2D eigenvalue weighted by molar-refractivity contribution is 9.10. The number of nitrogens with one attached hydrogen (secondary N) is 1. The lowest BCUT2D eigenvalue weighted by Gasteiger charge is -2.09. The Morgan fingerprint density at radius 2 is 2.50 bits per heavy atom. The van der Waals surface area contributed by atoms with Gasteiger partial charge in [0, 0.05) is 17.1 Å². The highest BCUT2D eigenvalue weighted by atomic mass is 79.9. The smallest absolute Gasteiger partial charge is 0.262 e. The van der Waals surface area contributed by atoms with Crippen molar-refractivity contribution in [1.29, 1.82) is 0 Å². The standard InChI is InChI=1S/C9H13BrN2OS/c1-2-6(11)5-12-9(13)8-7(10)3-4-14-8/h3-4,6H,2,5,11H2,1H3,(H,12,13). The minimum atomic E-state index is -0.0595. The lowest BCUT2D eigenvalue weighted by Crippen LogP contribution is -2.36. The van der Waals surface area contributed by atoms with Crippen LogP contribution in [0.3, 0.4) is 0 Å². The van der Waals surface area contributed by atoms with E-state index in [1.807, 2.05) is 18.4 Å². The molecule has 1 amide bonds. The molecule has 0 aliphatic rings. The number of carbonyl (C=O) groups is 1. The zero-order chi connectivity index (χ0) is 10.6. The second-order valence-electron chi connectivity index (χ2n) is 2.98. The monoisotopic (exact) mass is 276 g/mol. The van der Waals surface area contributed by atoms with Gasteiger partial charge in [-0.3, -0.25) is 4.79 Å². The molecule has 1 aromatic rings. The summed E-state index contributed by atoms with van der Waals surface area (Å²) in [7, 11) is 0. The summed E-state index contributed by atoms with van der Waals surface area (Å²) in [5.41, 5.74) is 5.69. The topological polar surface area (TPSA) is 55.1 Å². The predicted octanol–water partition coefficient (Wildman–Crippen LogP) is 1.98. The maximum Gasteiger partial charge on any atom is 0.262 e. The number of nitrogens with two attached hydrogens (primary N) is 1. The molecule has 0 aliphatic heterocycles. The van der Waals surface area contributed by atoms with Gasteiger partial charge >= 0.3 is 0 Å². The minimum Gasteiger partial charge on any atom is -0.350 e. The molecule has 3 nitrogen and oxygen atoms in total. The molecule has 0 aromatic carbocycles. The van der Waals surface area contributed by atoms with Crippen LogP contribution in [0.15, 0.2) is 15.9 Å². The molecule has 0 radical (unpaired) electrons. The molecule has 1 aromatic heterocycles. The highest BCUT2D eigenvalue weighted by Gasteiger charge is 2.11. The van der Waals surface area contributed by atoms with E-state index < -0.39 is 0 Å². The number of hydrogen-bond donors (Lipinski definition) is 2. The van der Waals surface area contributed by atoms with Crippen molar-refractivity contribution in [2.45, 2.75) is 19.4 Å². The van der Waals surface area contributed by atoms with E-state index in [2.05, 4.69) is 21.2 Å². The Balaban J connectivity index is 2.47. The SMILES string of the molecule is CCC(N)CNC(=O)c1sccc1Br. The van der Waals surface area contributed by atoms with Crippen molar-refractivity contribution in [3.63, 3.8) is 0 Å². The Kier molecular flexibility index (Phi) is 4.57. The summed E-state index contributed by atoms with van der Waals surface area (Å²) in [4.78, 5) is 12.3. The second-order valence-corrected chi connectivity index (χ2v) is 4.75. The van der Waals surface area contributed by atoms with Gasteiger partial charge in [0.2, 0.25) is 0 Å². The fourth-order valence-electron chi connectivity index (χ4n) is 0.904. The summed E-state index contributed by atoms with van der Waals surface area (Å²) >= 11 is 4.73. The fraction of sp³-hybridized carbons (Fsp3) is 0.444. The molecule has 0 fully saturated rings. The van der Waals surface area contributed by atoms with Gasteiger partial charge in [0.1, 0.15) is 4.88 Å². The first kappa shape index (κ1) is 11.7. The van der Waals surface area contributed by atoms with E-state index in [-0.39, 0.29) is 11.9 Å². The van der Waals surface area contributed by atoms with Gasteiger partial charge in [-0.1, -0.05) is 6.92 Å². The molecular weight excluding hydrogens is 264 g/mol. The Labute approximate surface area is 95.8 Å². The van der Waals surface area contributed by atoms with Crippen molar-refractivity contribution in [2.24, 2.45) is 5.73 Å². The van der Waals surface area contributed by atoms with Crippen molar-refractivity contribution >= 4 is 33.2 Å². The average Bonchev–Trinajstić information content (AvgIpc) is 2.60. The lowest BCUT2D eigenvalue weighted by atomic mass is 10.2. The molecular formula is C9H13BrN2OS. The van der Waals surface area contributed by atoms with Crippen molar-refractivity contribution in [3.8, 4) is 0 Å². The van der Waals surface area contributed by atoms with Crippen LogP contribution in [0.1, 0.15) is 23.0 Å². The Morgan fingerprint density at radius 3 is 3.00 bits per heavy atom. The fourth-order valence-corrected chi connectivity index (χ4v) is 2.37. The average molecular weight is 277 g/mol. The Morgan fingerprint density at radius 1 is 1.79 bits per heavy atom. The zero-order valence-electron chi connectivity index (χ0n) is 7.92. The third kappa shape index (κ3) is 3.08. The molecule has 0 bridgehead atoms. The molecule has 1 atom stereocenters. The molecule has 5 heteroatoms. The molecule has 78 valence electrons. The summed E-state index contributed by atoms with van der Waals surface area (Å²) < 4.78 is 0.838. The molecule has 1 unspecified atom stereocenters. The Hall–Kier alpha value is -0.390. The summed E-state index contributed by atoms with van der Waals surface area (Å²) in [5.74, 6) is -0.0595. The van der Waals surface area contributed by atoms with Crippen LogP contribution in [0, 0.1) is 0 Å². The maximum absolute atomic E-state index is 11.6. The minimum absolute atomic E-state index is 0.0395. The van der Waals surface area contributed by atoms with Crippen LogP contribution in [0.5, 0.6) is 0 Å². The zero-order valence-corrected chi connectivity index (χ0v) is 10.3. The molecule has 14 heavy (non-hydrogen) atoms. The molecule has 0 spiro atoms. The molecule has 1 heterocycles. The van der Waals surface area contributed by atoms with Gasteiger partial charge in [-0.15, -0.1) is 11.3 Å². The van der Waals surface area contributed by atoms with E-state index in [1.54, 1.807) is 0 Å². The second kappa shape index (κ2) is 5.48. The Bertz CT molecular complexity index is 314. The first-order chi connectivity index (χ1) is 6.65. The van der Waals surface area contributed by atoms with Crippen LogP contribution in [0.4, 0.5) is 0 Å². The van der Waals surface area contributed by atoms with Crippen LogP contribution in [-0.2, 0) is 0 Å². The number of carbonyl (C=O) groups excluding carboxylic acids is 1. The van der Waals surface area contributed by atoms with Crippen LogP contribution in [0.2, 0.25) is 0 Å². The van der Waals surface area contributed by atoms with Gasteiger partial charge in [-0.05, 0) is 33.8 Å². The van der Waals surface area contributed by atoms with Gasteiger partial charge in [-0.25, -0.2) is 0 Å². The first-order valence-corrected chi connectivity index (χ1v) is 6.09. The third-order valence-corrected chi connectivity index (χ3v) is 3.71. The lowest BCUT2D eigenvalue weighted by molar-refractivity contribution is 0.0954. The van der Waals surface area contributed by atoms with Crippen molar-refractivity contribution < 1.29 is 4.79 Å². The largest absolute Gasteiger partial charge is 0.350 e. The summed E-state index contributed by atoms with van der Waals surface area (Å²) in [6.07, 6.45) is 0.867. The quantitative estimate of drug-likeness (QED) is 0.884. The number of thiophene rings is 1. The van der Waals surface area contributed by atoms with E-state index in [0.717, 1.165) is 10.9 Å². The number of amides is 1. The van der Waals surface area contributed by atoms with Crippen molar-refractivity contribution in [3.05, 3.63) is 20.8 Å². The summed E-state index contributed by atoms with van der Waals surface area (Å²) in [6.45, 7) is 2.53. The van der Waals surface area contributed by atoms with Crippen LogP contribution < -0.4 is 11.1 Å². The number of halogens is 1. The van der Waals surface area contributed by atoms with E-state index in [0.29, 0.717) is 11.4 Å². The maximum atomic E-state index is 11.6. The molecule has 0 saturated carbocycles. The van der Waals surface area contributed by atoms with E-state index in [4.69, 9.17) is 5.73 Å². The van der Waals surface area contributed by atoms with Gasteiger partial charge in [0.25, 0.3) is 5.91 Å². The number of hydrogen-bond acceptors (Lipinski definition) is 3. The number of rotatable bonds is 4. The normalized spacial score (nSPS) is 12.5. The third-order valence-electron chi connectivity index (χ3n) is 1.87. The summed E-state index contributed by atoms with van der Waals surface area (Å²) in [6, 6.07) is 1.90. The molecule has 0 saturated heterocycles. The van der Waals surface area contributed by atoms with E-state index in [9.17, 15) is 4.79 Å². The van der Waals surface area contributed by atoms with E-state index >= 15 is 0 Å². The van der Waals surface area contributed by atoms with Crippen molar-refractivity contribution in [2.75, 3.05) is 6.54 Å². The van der Waals surface area contributed by atoms with Gasteiger partial charge < -0.3 is 11.1 Å². The van der Waals surface area contributed by atoms with Gasteiger partial charge in [-0.2, -0.15) is 0 Å². The van der Waals surface area contributed by atoms with Gasteiger partial charge in [0.15, 0.2) is 0 Å². The molecule has 1 rings (SSSR count). The van der Waals surface area contributed by atoms with Crippen LogP contribution in [-0.4, -0.2) is 18.5 Å². The van der Waals surface area contributed by atoms with Crippen LogP contribution >= 0.6 is 27.3 Å². The summed E-state index contributed by atoms with van der Waals surface area (Å²) in [5, 5.41) is 4.67. The van der Waals surface area contributed by atoms with Crippen LogP contribution in [0.25, 0.3) is 0 Å². The van der Waals surface area contributed by atoms with E-state index in [1.165, 1.54) is 11.3 Å². The highest BCUT2D eigenvalue weighted by Crippen LogP contribution is 2.22. The predicted molar refractivity (Wildman–Crippen MR) is 62.6 cm³/mol. The first-order valence-electron chi connectivity index (χ1n) is 4.42. The molecule has 3 N–H and O–H groups in total.